The Labute approximate surface area is 121 Å². The maximum atomic E-state index is 10.5. The molecule has 0 saturated carbocycles. The second-order valence-corrected chi connectivity index (χ2v) is 4.77. The molecule has 0 aliphatic heterocycles. The standard InChI is InChI=1S/C15H13ClN2O2/c1-10(18-20)11-3-2-4-14(8-11)17-9-12-7-13(16)5-6-15(12)19/h2-10,19H,1H3. The summed E-state index contributed by atoms with van der Waals surface area (Å²) >= 11 is 5.86. The zero-order valence-electron chi connectivity index (χ0n) is 10.8. The summed E-state index contributed by atoms with van der Waals surface area (Å²) in [4.78, 5) is 14.8. The summed E-state index contributed by atoms with van der Waals surface area (Å²) in [5.41, 5.74) is 2.01. The van der Waals surface area contributed by atoms with Gasteiger partial charge in [-0.15, -0.1) is 0 Å². The Morgan fingerprint density at radius 1 is 1.25 bits per heavy atom. The van der Waals surface area contributed by atoms with Crippen molar-refractivity contribution >= 4 is 23.5 Å². The van der Waals surface area contributed by atoms with E-state index in [2.05, 4.69) is 10.2 Å². The molecular formula is C15H13ClN2O2. The molecule has 2 aromatic carbocycles. The molecule has 1 unspecified atom stereocenters. The highest BCUT2D eigenvalue weighted by Gasteiger charge is 2.05. The molecule has 1 atom stereocenters. The van der Waals surface area contributed by atoms with Crippen molar-refractivity contribution in [1.29, 1.82) is 0 Å². The Bertz CT molecular complexity index is 656. The van der Waals surface area contributed by atoms with Gasteiger partial charge < -0.3 is 5.11 Å². The number of hydrogen-bond donors (Lipinski definition) is 1. The van der Waals surface area contributed by atoms with Crippen molar-refractivity contribution in [3.63, 3.8) is 0 Å². The fraction of sp³-hybridized carbons (Fsp3) is 0.133. The van der Waals surface area contributed by atoms with Crippen LogP contribution in [0.5, 0.6) is 5.75 Å². The normalized spacial score (nSPS) is 12.5. The monoisotopic (exact) mass is 288 g/mol. The molecule has 0 saturated heterocycles. The third kappa shape index (κ3) is 3.42. The average Bonchev–Trinajstić information content (AvgIpc) is 2.47. The SMILES string of the molecule is CC(N=O)c1cccc(N=Cc2cc(Cl)ccc2O)c1. The molecule has 20 heavy (non-hydrogen) atoms. The van der Waals surface area contributed by atoms with Crippen LogP contribution in [0.3, 0.4) is 0 Å². The molecule has 5 heteroatoms. The molecule has 4 nitrogen and oxygen atoms in total. The molecule has 0 aliphatic rings. The van der Waals surface area contributed by atoms with Gasteiger partial charge in [-0.05, 0) is 42.8 Å². The van der Waals surface area contributed by atoms with Gasteiger partial charge in [0, 0.05) is 16.8 Å². The summed E-state index contributed by atoms with van der Waals surface area (Å²) in [7, 11) is 0. The van der Waals surface area contributed by atoms with Crippen LogP contribution in [-0.2, 0) is 0 Å². The number of benzene rings is 2. The summed E-state index contributed by atoms with van der Waals surface area (Å²) < 4.78 is 0. The van der Waals surface area contributed by atoms with Gasteiger partial charge >= 0.3 is 0 Å². The van der Waals surface area contributed by atoms with Gasteiger partial charge in [0.2, 0.25) is 0 Å². The molecule has 0 fully saturated rings. The Morgan fingerprint density at radius 3 is 2.80 bits per heavy atom. The molecule has 0 bridgehead atoms. The molecule has 2 rings (SSSR count). The first kappa shape index (κ1) is 14.2. The Balaban J connectivity index is 2.27. The van der Waals surface area contributed by atoms with E-state index in [1.54, 1.807) is 31.2 Å². The predicted octanol–water partition coefficient (Wildman–Crippen LogP) is 4.62. The maximum absolute atomic E-state index is 10.5. The number of nitroso groups, excluding NO2 is 1. The highest BCUT2D eigenvalue weighted by Crippen LogP contribution is 2.23. The third-order valence-electron chi connectivity index (χ3n) is 2.85. The van der Waals surface area contributed by atoms with Crippen LogP contribution in [0.4, 0.5) is 5.69 Å². The molecular weight excluding hydrogens is 276 g/mol. The van der Waals surface area contributed by atoms with E-state index in [9.17, 15) is 10.0 Å². The fourth-order valence-corrected chi connectivity index (χ4v) is 1.88. The van der Waals surface area contributed by atoms with Crippen LogP contribution in [0.15, 0.2) is 52.6 Å². The lowest BCUT2D eigenvalue weighted by atomic mass is 10.1. The first-order valence-electron chi connectivity index (χ1n) is 6.05. The lowest BCUT2D eigenvalue weighted by Gasteiger charge is -2.03. The van der Waals surface area contributed by atoms with Crippen LogP contribution >= 0.6 is 11.6 Å². The van der Waals surface area contributed by atoms with Gasteiger partial charge in [-0.25, -0.2) is 0 Å². The van der Waals surface area contributed by atoms with Crippen molar-refractivity contribution in [2.24, 2.45) is 10.2 Å². The van der Waals surface area contributed by atoms with E-state index in [-0.39, 0.29) is 5.75 Å². The number of phenolic OH excluding ortho intramolecular Hbond substituents is 1. The molecule has 2 aromatic rings. The summed E-state index contributed by atoms with van der Waals surface area (Å²) in [5, 5.41) is 13.2. The third-order valence-corrected chi connectivity index (χ3v) is 3.09. The summed E-state index contributed by atoms with van der Waals surface area (Å²) in [6, 6.07) is 11.5. The van der Waals surface area contributed by atoms with E-state index in [1.807, 2.05) is 12.1 Å². The number of hydrogen-bond acceptors (Lipinski definition) is 4. The quantitative estimate of drug-likeness (QED) is 0.659. The second kappa shape index (κ2) is 6.30. The minimum Gasteiger partial charge on any atom is -0.507 e. The largest absolute Gasteiger partial charge is 0.507 e. The number of aromatic hydroxyl groups is 1. The number of nitrogens with zero attached hydrogens (tertiary/aromatic N) is 2. The van der Waals surface area contributed by atoms with Gasteiger partial charge in [-0.2, -0.15) is 4.91 Å². The molecule has 0 radical (unpaired) electrons. The van der Waals surface area contributed by atoms with Crippen molar-refractivity contribution in [2.75, 3.05) is 0 Å². The van der Waals surface area contributed by atoms with E-state index in [0.29, 0.717) is 16.3 Å². The number of aliphatic imine (C=N–C) groups is 1. The lowest BCUT2D eigenvalue weighted by molar-refractivity contribution is 0.474. The molecule has 0 amide bonds. The van der Waals surface area contributed by atoms with E-state index in [4.69, 9.17) is 11.6 Å². The van der Waals surface area contributed by atoms with Gasteiger partial charge in [0.1, 0.15) is 11.8 Å². The van der Waals surface area contributed by atoms with Crippen LogP contribution in [0, 0.1) is 4.91 Å². The van der Waals surface area contributed by atoms with Crippen LogP contribution < -0.4 is 0 Å². The molecule has 0 aromatic heterocycles. The second-order valence-electron chi connectivity index (χ2n) is 4.34. The van der Waals surface area contributed by atoms with Crippen molar-refractivity contribution in [3.05, 3.63) is 63.5 Å². The summed E-state index contributed by atoms with van der Waals surface area (Å²) in [5.74, 6) is 0.109. The topological polar surface area (TPSA) is 62.0 Å². The minimum atomic E-state index is -0.412. The smallest absolute Gasteiger partial charge is 0.124 e. The van der Waals surface area contributed by atoms with Crippen LogP contribution in [-0.4, -0.2) is 11.3 Å². The zero-order valence-corrected chi connectivity index (χ0v) is 11.6. The van der Waals surface area contributed by atoms with Gasteiger partial charge in [-0.1, -0.05) is 28.9 Å². The van der Waals surface area contributed by atoms with Gasteiger partial charge in [0.15, 0.2) is 0 Å². The van der Waals surface area contributed by atoms with Gasteiger partial charge in [-0.3, -0.25) is 4.99 Å². The summed E-state index contributed by atoms with van der Waals surface area (Å²) in [6.07, 6.45) is 1.53. The predicted molar refractivity (Wildman–Crippen MR) is 81.0 cm³/mol. The maximum Gasteiger partial charge on any atom is 0.124 e. The minimum absolute atomic E-state index is 0.109. The van der Waals surface area contributed by atoms with E-state index in [1.165, 1.54) is 12.3 Å². The van der Waals surface area contributed by atoms with Crippen molar-refractivity contribution in [2.45, 2.75) is 13.0 Å². The number of rotatable bonds is 4. The average molecular weight is 289 g/mol. The first-order chi connectivity index (χ1) is 9.60. The Morgan fingerprint density at radius 2 is 2.05 bits per heavy atom. The Hall–Kier alpha value is -2.20. The first-order valence-corrected chi connectivity index (χ1v) is 6.43. The van der Waals surface area contributed by atoms with E-state index < -0.39 is 6.04 Å². The number of halogens is 1. The Kier molecular flexibility index (Phi) is 4.48. The molecule has 0 aliphatic carbocycles. The highest BCUT2D eigenvalue weighted by atomic mass is 35.5. The highest BCUT2D eigenvalue weighted by molar-refractivity contribution is 6.30. The van der Waals surface area contributed by atoms with Crippen LogP contribution in [0.1, 0.15) is 24.1 Å². The molecule has 1 N–H and O–H groups in total. The van der Waals surface area contributed by atoms with Crippen molar-refractivity contribution < 1.29 is 5.11 Å². The molecule has 102 valence electrons. The van der Waals surface area contributed by atoms with Crippen LogP contribution in [0.25, 0.3) is 0 Å². The van der Waals surface area contributed by atoms with E-state index >= 15 is 0 Å². The van der Waals surface area contributed by atoms with Crippen LogP contribution in [0.2, 0.25) is 5.02 Å². The fourth-order valence-electron chi connectivity index (χ4n) is 1.70. The molecule has 0 heterocycles. The summed E-state index contributed by atoms with van der Waals surface area (Å²) in [6.45, 7) is 1.72. The van der Waals surface area contributed by atoms with E-state index in [0.717, 1.165) is 5.56 Å². The van der Waals surface area contributed by atoms with Gasteiger partial charge in [0.25, 0.3) is 0 Å². The van der Waals surface area contributed by atoms with Gasteiger partial charge in [0.05, 0.1) is 5.69 Å². The number of phenols is 1. The lowest BCUT2D eigenvalue weighted by Crippen LogP contribution is -1.87. The zero-order chi connectivity index (χ0) is 14.5. The van der Waals surface area contributed by atoms with Crippen molar-refractivity contribution in [3.8, 4) is 5.75 Å². The van der Waals surface area contributed by atoms with Crippen molar-refractivity contribution in [1.82, 2.24) is 0 Å². The molecule has 0 spiro atoms.